The van der Waals surface area contributed by atoms with Crippen molar-refractivity contribution in [1.82, 2.24) is 10.2 Å². The van der Waals surface area contributed by atoms with Gasteiger partial charge in [-0.2, -0.15) is 13.2 Å². The van der Waals surface area contributed by atoms with Gasteiger partial charge in [0.25, 0.3) is 0 Å². The van der Waals surface area contributed by atoms with Gasteiger partial charge in [0.15, 0.2) is 0 Å². The summed E-state index contributed by atoms with van der Waals surface area (Å²) < 4.78 is 43.0. The van der Waals surface area contributed by atoms with Crippen molar-refractivity contribution in [3.63, 3.8) is 0 Å². The summed E-state index contributed by atoms with van der Waals surface area (Å²) in [5.74, 6) is -0.740. The minimum atomic E-state index is -4.13. The number of carbonyl (C=O) groups excluding carboxylic acids is 1. The molecule has 1 aromatic carbocycles. The van der Waals surface area contributed by atoms with Crippen LogP contribution in [-0.4, -0.2) is 43.7 Å². The molecule has 0 spiro atoms. The number of amides is 1. The van der Waals surface area contributed by atoms with Crippen LogP contribution in [0.3, 0.4) is 0 Å². The molecule has 1 amide bonds. The van der Waals surface area contributed by atoms with Gasteiger partial charge in [-0.05, 0) is 32.0 Å². The fourth-order valence-corrected chi connectivity index (χ4v) is 2.72. The van der Waals surface area contributed by atoms with Gasteiger partial charge in [-0.25, -0.2) is 0 Å². The smallest absolute Gasteiger partial charge is 0.391 e. The molecule has 1 aromatic rings. The minimum Gasteiger partial charge on any atom is -0.496 e. The lowest BCUT2D eigenvalue weighted by atomic mass is 9.96. The Kier molecular flexibility index (Phi) is 5.87. The summed E-state index contributed by atoms with van der Waals surface area (Å²) >= 11 is 0. The van der Waals surface area contributed by atoms with Gasteiger partial charge in [0, 0.05) is 12.1 Å². The van der Waals surface area contributed by atoms with Gasteiger partial charge in [-0.15, -0.1) is 0 Å². The number of likely N-dealkylation sites (tertiary alicyclic amines) is 1. The zero-order chi connectivity index (χ0) is 16.9. The Balaban J connectivity index is 1.76. The third-order valence-electron chi connectivity index (χ3n) is 4.09. The zero-order valence-electron chi connectivity index (χ0n) is 13.0. The van der Waals surface area contributed by atoms with E-state index >= 15 is 0 Å². The van der Waals surface area contributed by atoms with E-state index in [9.17, 15) is 18.0 Å². The highest BCUT2D eigenvalue weighted by Crippen LogP contribution is 2.33. The number of piperidine rings is 1. The van der Waals surface area contributed by atoms with Crippen LogP contribution in [-0.2, 0) is 11.3 Å². The number of alkyl halides is 3. The van der Waals surface area contributed by atoms with Crippen molar-refractivity contribution in [3.05, 3.63) is 29.8 Å². The molecule has 0 atom stereocenters. The highest BCUT2D eigenvalue weighted by molar-refractivity contribution is 5.78. The lowest BCUT2D eigenvalue weighted by Crippen LogP contribution is -2.43. The van der Waals surface area contributed by atoms with Gasteiger partial charge in [-0.1, -0.05) is 18.2 Å². The van der Waals surface area contributed by atoms with Crippen LogP contribution in [0.4, 0.5) is 13.2 Å². The first-order chi connectivity index (χ1) is 10.9. The minimum absolute atomic E-state index is 0.0588. The first-order valence-electron chi connectivity index (χ1n) is 7.58. The van der Waals surface area contributed by atoms with E-state index in [-0.39, 0.29) is 25.3 Å². The topological polar surface area (TPSA) is 41.6 Å². The molecule has 0 unspecified atom stereocenters. The largest absolute Gasteiger partial charge is 0.496 e. The summed E-state index contributed by atoms with van der Waals surface area (Å²) in [6, 6.07) is 7.36. The molecule has 2 rings (SSSR count). The van der Waals surface area contributed by atoms with E-state index in [2.05, 4.69) is 5.32 Å². The molecule has 0 radical (unpaired) electrons. The number of hydrogen-bond donors (Lipinski definition) is 1. The Labute approximate surface area is 133 Å². The van der Waals surface area contributed by atoms with E-state index in [0.29, 0.717) is 25.4 Å². The number of nitrogens with zero attached hydrogens (tertiary/aromatic N) is 1. The van der Waals surface area contributed by atoms with Crippen LogP contribution in [0.15, 0.2) is 24.3 Å². The number of nitrogens with one attached hydrogen (secondary N) is 1. The van der Waals surface area contributed by atoms with Crippen LogP contribution < -0.4 is 10.1 Å². The van der Waals surface area contributed by atoms with E-state index in [1.165, 1.54) is 0 Å². The zero-order valence-corrected chi connectivity index (χ0v) is 13.0. The predicted octanol–water partition coefficient (Wildman–Crippen LogP) is 2.59. The van der Waals surface area contributed by atoms with Gasteiger partial charge in [-0.3, -0.25) is 9.69 Å². The lowest BCUT2D eigenvalue weighted by Gasteiger charge is -2.32. The molecule has 4 nitrogen and oxygen atoms in total. The van der Waals surface area contributed by atoms with Crippen molar-refractivity contribution in [1.29, 1.82) is 0 Å². The third kappa shape index (κ3) is 5.13. The first-order valence-corrected chi connectivity index (χ1v) is 7.58. The van der Waals surface area contributed by atoms with Gasteiger partial charge < -0.3 is 10.1 Å². The average Bonchev–Trinajstić information content (AvgIpc) is 2.53. The molecular formula is C16H21F3N2O2. The maximum absolute atomic E-state index is 12.6. The molecule has 1 heterocycles. The Bertz CT molecular complexity index is 526. The number of methoxy groups -OCH3 is 1. The second-order valence-corrected chi connectivity index (χ2v) is 5.68. The summed E-state index contributed by atoms with van der Waals surface area (Å²) in [6.45, 7) is 1.06. The van der Waals surface area contributed by atoms with E-state index in [4.69, 9.17) is 4.74 Å². The summed E-state index contributed by atoms with van der Waals surface area (Å²) in [7, 11) is 1.56. The van der Waals surface area contributed by atoms with Crippen LogP contribution in [0.1, 0.15) is 18.4 Å². The fourth-order valence-electron chi connectivity index (χ4n) is 2.72. The molecule has 1 saturated heterocycles. The van der Waals surface area contributed by atoms with Gasteiger partial charge in [0.1, 0.15) is 5.75 Å². The normalized spacial score (nSPS) is 17.0. The molecular weight excluding hydrogens is 309 g/mol. The summed E-state index contributed by atoms with van der Waals surface area (Å²) in [5, 5.41) is 2.78. The van der Waals surface area contributed by atoms with E-state index in [1.807, 2.05) is 24.3 Å². The number of ether oxygens (including phenoxy) is 1. The number of para-hydroxylation sites is 1. The van der Waals surface area contributed by atoms with Gasteiger partial charge >= 0.3 is 6.18 Å². The summed E-state index contributed by atoms with van der Waals surface area (Å²) in [6.07, 6.45) is -4.01. The Morgan fingerprint density at radius 3 is 2.57 bits per heavy atom. The number of hydrogen-bond acceptors (Lipinski definition) is 3. The molecule has 0 saturated carbocycles. The highest BCUT2D eigenvalue weighted by atomic mass is 19.4. The molecule has 1 aliphatic heterocycles. The SMILES string of the molecule is COc1ccccc1CNC(=O)CN1CCC(C(F)(F)F)CC1. The fraction of sp³-hybridized carbons (Fsp3) is 0.562. The number of halogens is 3. The van der Waals surface area contributed by atoms with Crippen LogP contribution in [0.2, 0.25) is 0 Å². The van der Waals surface area contributed by atoms with E-state index in [0.717, 1.165) is 5.56 Å². The number of benzene rings is 1. The maximum Gasteiger partial charge on any atom is 0.391 e. The third-order valence-corrected chi connectivity index (χ3v) is 4.09. The molecule has 1 N–H and O–H groups in total. The van der Waals surface area contributed by atoms with E-state index < -0.39 is 12.1 Å². The van der Waals surface area contributed by atoms with Crippen LogP contribution >= 0.6 is 0 Å². The molecule has 7 heteroatoms. The van der Waals surface area contributed by atoms with Crippen molar-refractivity contribution in [3.8, 4) is 5.75 Å². The maximum atomic E-state index is 12.6. The molecule has 0 aromatic heterocycles. The lowest BCUT2D eigenvalue weighted by molar-refractivity contribution is -0.185. The standard InChI is InChI=1S/C16H21F3N2O2/c1-23-14-5-3-2-4-12(14)10-20-15(22)11-21-8-6-13(7-9-21)16(17,18)19/h2-5,13H,6-11H2,1H3,(H,20,22). The predicted molar refractivity (Wildman–Crippen MR) is 80.1 cm³/mol. The first kappa shape index (κ1) is 17.6. The monoisotopic (exact) mass is 330 g/mol. The molecule has 1 aliphatic rings. The molecule has 0 bridgehead atoms. The molecule has 128 valence electrons. The van der Waals surface area contributed by atoms with Gasteiger partial charge in [0.05, 0.1) is 19.6 Å². The van der Waals surface area contributed by atoms with Crippen molar-refractivity contribution in [2.45, 2.75) is 25.6 Å². The van der Waals surface area contributed by atoms with Crippen LogP contribution in [0, 0.1) is 5.92 Å². The Hall–Kier alpha value is -1.76. The second kappa shape index (κ2) is 7.68. The summed E-state index contributed by atoms with van der Waals surface area (Å²) in [5.41, 5.74) is 0.860. The van der Waals surface area contributed by atoms with Crippen LogP contribution in [0.25, 0.3) is 0 Å². The van der Waals surface area contributed by atoms with Gasteiger partial charge in [0.2, 0.25) is 5.91 Å². The molecule has 23 heavy (non-hydrogen) atoms. The Morgan fingerprint density at radius 2 is 1.96 bits per heavy atom. The highest BCUT2D eigenvalue weighted by Gasteiger charge is 2.41. The van der Waals surface area contributed by atoms with Crippen LogP contribution in [0.5, 0.6) is 5.75 Å². The number of carbonyl (C=O) groups is 1. The van der Waals surface area contributed by atoms with Crippen molar-refractivity contribution in [2.24, 2.45) is 5.92 Å². The molecule has 1 fully saturated rings. The summed E-state index contributed by atoms with van der Waals surface area (Å²) in [4.78, 5) is 13.7. The Morgan fingerprint density at radius 1 is 1.30 bits per heavy atom. The van der Waals surface area contributed by atoms with Crippen molar-refractivity contribution < 1.29 is 22.7 Å². The van der Waals surface area contributed by atoms with Crippen molar-refractivity contribution in [2.75, 3.05) is 26.7 Å². The van der Waals surface area contributed by atoms with Crippen molar-refractivity contribution >= 4 is 5.91 Å². The number of rotatable bonds is 5. The quantitative estimate of drug-likeness (QED) is 0.902. The average molecular weight is 330 g/mol. The second-order valence-electron chi connectivity index (χ2n) is 5.68. The molecule has 0 aliphatic carbocycles. The van der Waals surface area contributed by atoms with E-state index in [1.54, 1.807) is 12.0 Å².